The van der Waals surface area contributed by atoms with Gasteiger partial charge in [-0.1, -0.05) is 12.1 Å². The lowest BCUT2D eigenvalue weighted by Gasteiger charge is -2.18. The second-order valence-corrected chi connectivity index (χ2v) is 8.16. The van der Waals surface area contributed by atoms with Gasteiger partial charge >= 0.3 is 5.69 Å². The Kier molecular flexibility index (Phi) is 5.34. The summed E-state index contributed by atoms with van der Waals surface area (Å²) in [6, 6.07) is 11.1. The fourth-order valence-corrected chi connectivity index (χ4v) is 4.18. The molecule has 0 N–H and O–H groups in total. The van der Waals surface area contributed by atoms with E-state index in [-0.39, 0.29) is 17.2 Å². The molecule has 0 saturated carbocycles. The molecule has 0 atom stereocenters. The highest BCUT2D eigenvalue weighted by molar-refractivity contribution is 7.89. The molecule has 9 nitrogen and oxygen atoms in total. The van der Waals surface area contributed by atoms with Crippen molar-refractivity contribution >= 4 is 26.7 Å². The summed E-state index contributed by atoms with van der Waals surface area (Å²) >= 11 is 0. The Labute approximate surface area is 162 Å². The van der Waals surface area contributed by atoms with Crippen LogP contribution in [-0.2, 0) is 23.1 Å². The Morgan fingerprint density at radius 3 is 2.61 bits per heavy atom. The van der Waals surface area contributed by atoms with Gasteiger partial charge in [0, 0.05) is 19.7 Å². The molecule has 0 bridgehead atoms. The van der Waals surface area contributed by atoms with E-state index in [1.807, 2.05) is 35.8 Å². The molecule has 0 aliphatic heterocycles. The van der Waals surface area contributed by atoms with E-state index >= 15 is 0 Å². The standard InChI is InChI=1S/C18H20N4O5S/c1-4-21-15-8-6-5-7-14(15)19-18(21)12-20(2)28(25,26)13-9-10-17(27-3)16(11-13)22(23)24/h5-11H,4,12H2,1-3H3. The highest BCUT2D eigenvalue weighted by Gasteiger charge is 2.27. The number of aryl methyl sites for hydroxylation is 1. The molecular weight excluding hydrogens is 384 g/mol. The van der Waals surface area contributed by atoms with Gasteiger partial charge in [-0.15, -0.1) is 0 Å². The first-order chi connectivity index (χ1) is 13.3. The van der Waals surface area contributed by atoms with Gasteiger partial charge in [-0.3, -0.25) is 10.1 Å². The topological polar surface area (TPSA) is 108 Å². The van der Waals surface area contributed by atoms with Crippen LogP contribution in [0.15, 0.2) is 47.4 Å². The van der Waals surface area contributed by atoms with Crippen LogP contribution >= 0.6 is 0 Å². The summed E-state index contributed by atoms with van der Waals surface area (Å²) < 4.78 is 33.9. The number of para-hydroxylation sites is 2. The van der Waals surface area contributed by atoms with Gasteiger partial charge in [0.15, 0.2) is 5.75 Å². The fourth-order valence-electron chi connectivity index (χ4n) is 3.04. The molecule has 1 heterocycles. The van der Waals surface area contributed by atoms with E-state index in [9.17, 15) is 18.5 Å². The molecule has 3 aromatic rings. The molecule has 10 heteroatoms. The second-order valence-electron chi connectivity index (χ2n) is 6.11. The molecule has 148 valence electrons. The summed E-state index contributed by atoms with van der Waals surface area (Å²) in [4.78, 5) is 14.9. The van der Waals surface area contributed by atoms with E-state index in [4.69, 9.17) is 4.74 Å². The molecule has 0 unspecified atom stereocenters. The maximum Gasteiger partial charge on any atom is 0.312 e. The number of nitrogens with zero attached hydrogens (tertiary/aromatic N) is 4. The third-order valence-corrected chi connectivity index (χ3v) is 6.27. The Morgan fingerprint density at radius 2 is 1.96 bits per heavy atom. The number of rotatable bonds is 7. The van der Waals surface area contributed by atoms with E-state index in [0.29, 0.717) is 12.4 Å². The second kappa shape index (κ2) is 7.56. The summed E-state index contributed by atoms with van der Waals surface area (Å²) in [5.41, 5.74) is 1.30. The quantitative estimate of drug-likeness (QED) is 0.443. The van der Waals surface area contributed by atoms with Crippen LogP contribution in [0.25, 0.3) is 11.0 Å². The van der Waals surface area contributed by atoms with Crippen molar-refractivity contribution in [3.05, 3.63) is 58.4 Å². The molecule has 0 aliphatic carbocycles. The molecule has 0 spiro atoms. The lowest BCUT2D eigenvalue weighted by atomic mass is 10.3. The Bertz CT molecular complexity index is 1140. The van der Waals surface area contributed by atoms with Crippen LogP contribution in [-0.4, -0.2) is 41.4 Å². The van der Waals surface area contributed by atoms with Crippen molar-refractivity contribution in [2.45, 2.75) is 24.9 Å². The van der Waals surface area contributed by atoms with E-state index in [1.165, 1.54) is 26.3 Å². The van der Waals surface area contributed by atoms with E-state index in [2.05, 4.69) is 4.98 Å². The van der Waals surface area contributed by atoms with Gasteiger partial charge in [0.2, 0.25) is 10.0 Å². The molecule has 0 fully saturated rings. The molecular formula is C18H20N4O5S. The first kappa shape index (κ1) is 19.8. The first-order valence-corrected chi connectivity index (χ1v) is 9.96. The Balaban J connectivity index is 1.97. The lowest BCUT2D eigenvalue weighted by molar-refractivity contribution is -0.386. The van der Waals surface area contributed by atoms with Crippen LogP contribution in [0.2, 0.25) is 0 Å². The average Bonchev–Trinajstić information content (AvgIpc) is 3.04. The first-order valence-electron chi connectivity index (χ1n) is 8.52. The van der Waals surface area contributed by atoms with Gasteiger partial charge in [-0.25, -0.2) is 13.4 Å². The van der Waals surface area contributed by atoms with Gasteiger partial charge < -0.3 is 9.30 Å². The van der Waals surface area contributed by atoms with Crippen LogP contribution in [0.5, 0.6) is 5.75 Å². The number of hydrogen-bond acceptors (Lipinski definition) is 6. The summed E-state index contributed by atoms with van der Waals surface area (Å²) in [5.74, 6) is 0.595. The molecule has 2 aromatic carbocycles. The smallest absolute Gasteiger partial charge is 0.312 e. The number of fused-ring (bicyclic) bond motifs is 1. The van der Waals surface area contributed by atoms with Gasteiger partial charge in [0.25, 0.3) is 0 Å². The Hall–Kier alpha value is -2.98. The summed E-state index contributed by atoms with van der Waals surface area (Å²) in [6.07, 6.45) is 0. The van der Waals surface area contributed by atoms with Crippen LogP contribution in [0.1, 0.15) is 12.7 Å². The number of nitro benzene ring substituents is 1. The summed E-state index contributed by atoms with van der Waals surface area (Å²) in [7, 11) is -1.25. The minimum Gasteiger partial charge on any atom is -0.490 e. The maximum absolute atomic E-state index is 13.0. The molecule has 0 radical (unpaired) electrons. The molecule has 0 saturated heterocycles. The Morgan fingerprint density at radius 1 is 1.25 bits per heavy atom. The van der Waals surface area contributed by atoms with Gasteiger partial charge in [0.05, 0.1) is 34.5 Å². The molecule has 3 rings (SSSR count). The normalized spacial score (nSPS) is 11.9. The van der Waals surface area contributed by atoms with Crippen molar-refractivity contribution in [1.82, 2.24) is 13.9 Å². The molecule has 1 aromatic heterocycles. The number of hydrogen-bond donors (Lipinski definition) is 0. The van der Waals surface area contributed by atoms with E-state index in [1.54, 1.807) is 0 Å². The third kappa shape index (κ3) is 3.43. The number of aromatic nitrogens is 2. The van der Waals surface area contributed by atoms with Crippen LogP contribution in [0.3, 0.4) is 0 Å². The largest absolute Gasteiger partial charge is 0.490 e. The number of sulfonamides is 1. The number of methoxy groups -OCH3 is 1. The summed E-state index contributed by atoms with van der Waals surface area (Å²) in [6.45, 7) is 2.63. The summed E-state index contributed by atoms with van der Waals surface area (Å²) in [5, 5.41) is 11.2. The van der Waals surface area contributed by atoms with Crippen LogP contribution in [0, 0.1) is 10.1 Å². The molecule has 0 amide bonds. The van der Waals surface area contributed by atoms with E-state index < -0.39 is 20.6 Å². The van der Waals surface area contributed by atoms with Crippen molar-refractivity contribution in [1.29, 1.82) is 0 Å². The van der Waals surface area contributed by atoms with Crippen LogP contribution in [0.4, 0.5) is 5.69 Å². The third-order valence-electron chi connectivity index (χ3n) is 4.47. The fraction of sp³-hybridized carbons (Fsp3) is 0.278. The van der Waals surface area contributed by atoms with Crippen molar-refractivity contribution in [3.8, 4) is 5.75 Å². The monoisotopic (exact) mass is 404 g/mol. The average molecular weight is 404 g/mol. The van der Waals surface area contributed by atoms with Gasteiger partial charge in [-0.05, 0) is 31.2 Å². The van der Waals surface area contributed by atoms with Crippen LogP contribution < -0.4 is 4.74 Å². The van der Waals surface area contributed by atoms with Crippen molar-refractivity contribution < 1.29 is 18.1 Å². The van der Waals surface area contributed by atoms with Crippen molar-refractivity contribution in [3.63, 3.8) is 0 Å². The predicted octanol–water partition coefficient (Wildman–Crippen LogP) is 2.79. The molecule has 0 aliphatic rings. The molecule has 28 heavy (non-hydrogen) atoms. The SMILES string of the molecule is CCn1c(CN(C)S(=O)(=O)c2ccc(OC)c([N+](=O)[O-])c2)nc2ccccc21. The number of imidazole rings is 1. The number of benzene rings is 2. The maximum atomic E-state index is 13.0. The zero-order chi connectivity index (χ0) is 20.5. The highest BCUT2D eigenvalue weighted by atomic mass is 32.2. The number of ether oxygens (including phenoxy) is 1. The van der Waals surface area contributed by atoms with Crippen molar-refractivity contribution in [2.75, 3.05) is 14.2 Å². The number of nitro groups is 1. The van der Waals surface area contributed by atoms with E-state index in [0.717, 1.165) is 21.4 Å². The van der Waals surface area contributed by atoms with Gasteiger partial charge in [-0.2, -0.15) is 4.31 Å². The highest BCUT2D eigenvalue weighted by Crippen LogP contribution is 2.30. The lowest BCUT2D eigenvalue weighted by Crippen LogP contribution is -2.28. The minimum atomic E-state index is -3.96. The predicted molar refractivity (Wildman–Crippen MR) is 104 cm³/mol. The zero-order valence-corrected chi connectivity index (χ0v) is 16.5. The minimum absolute atomic E-state index is 0.000575. The zero-order valence-electron chi connectivity index (χ0n) is 15.7. The van der Waals surface area contributed by atoms with Gasteiger partial charge in [0.1, 0.15) is 5.82 Å². The van der Waals surface area contributed by atoms with Crippen molar-refractivity contribution in [2.24, 2.45) is 0 Å².